The lowest BCUT2D eigenvalue weighted by Gasteiger charge is -2.26. The van der Waals surface area contributed by atoms with Crippen LogP contribution in [0.4, 0.5) is 10.5 Å². The monoisotopic (exact) mass is 592 g/mol. The van der Waals surface area contributed by atoms with Crippen molar-refractivity contribution in [3.63, 3.8) is 0 Å². The Labute approximate surface area is 235 Å². The van der Waals surface area contributed by atoms with E-state index in [1.807, 2.05) is 12.1 Å². The van der Waals surface area contributed by atoms with Crippen molar-refractivity contribution < 1.29 is 28.6 Å². The first-order chi connectivity index (χ1) is 18.6. The maximum atomic E-state index is 13.1. The van der Waals surface area contributed by atoms with Crippen LogP contribution in [0.3, 0.4) is 0 Å². The molecular weight excluding hydrogens is 564 g/mol. The van der Waals surface area contributed by atoms with E-state index in [1.165, 1.54) is 18.7 Å². The average Bonchev–Trinajstić information content (AvgIpc) is 2.90. The number of hydrogen-bond acceptors (Lipinski definition) is 6. The van der Waals surface area contributed by atoms with E-state index >= 15 is 0 Å². The highest BCUT2D eigenvalue weighted by Gasteiger charge is 2.36. The molecule has 3 aromatic rings. The summed E-state index contributed by atoms with van der Waals surface area (Å²) in [6.45, 7) is 7.09. The molecule has 8 nitrogen and oxygen atoms in total. The second-order valence-electron chi connectivity index (χ2n) is 9.82. The van der Waals surface area contributed by atoms with Crippen LogP contribution in [0.15, 0.2) is 76.8 Å². The topological polar surface area (TPSA) is 94.2 Å². The lowest BCUT2D eigenvalue weighted by molar-refractivity contribution is -0.122. The van der Waals surface area contributed by atoms with Gasteiger partial charge in [0, 0.05) is 4.47 Å². The Balaban J connectivity index is 1.43. The van der Waals surface area contributed by atoms with Gasteiger partial charge in [0.15, 0.2) is 11.5 Å². The quantitative estimate of drug-likeness (QED) is 0.199. The molecule has 0 spiro atoms. The predicted molar refractivity (Wildman–Crippen MR) is 152 cm³/mol. The van der Waals surface area contributed by atoms with Gasteiger partial charge in [-0.15, -0.1) is 0 Å². The van der Waals surface area contributed by atoms with E-state index in [0.717, 1.165) is 15.1 Å². The third-order valence-corrected chi connectivity index (χ3v) is 6.54. The molecule has 0 atom stereocenters. The number of carbonyl (C=O) groups is 3. The summed E-state index contributed by atoms with van der Waals surface area (Å²) in [6.07, 6.45) is 1.41. The number of nitrogens with one attached hydrogen (secondary N) is 1. The summed E-state index contributed by atoms with van der Waals surface area (Å²) < 4.78 is 17.9. The van der Waals surface area contributed by atoms with Gasteiger partial charge in [0.2, 0.25) is 0 Å². The number of anilines is 1. The van der Waals surface area contributed by atoms with Gasteiger partial charge >= 0.3 is 6.03 Å². The molecule has 0 aliphatic carbocycles. The predicted octanol–water partition coefficient (Wildman–Crippen LogP) is 5.88. The van der Waals surface area contributed by atoms with Crippen LogP contribution >= 0.6 is 15.9 Å². The lowest BCUT2D eigenvalue weighted by atomic mass is 9.87. The van der Waals surface area contributed by atoms with E-state index in [0.29, 0.717) is 29.4 Å². The van der Waals surface area contributed by atoms with Crippen LogP contribution in [0.5, 0.6) is 17.2 Å². The third-order valence-electron chi connectivity index (χ3n) is 6.02. The lowest BCUT2D eigenvalue weighted by Crippen LogP contribution is -2.54. The van der Waals surface area contributed by atoms with Crippen molar-refractivity contribution in [1.82, 2.24) is 5.32 Å². The zero-order valence-electron chi connectivity index (χ0n) is 22.1. The van der Waals surface area contributed by atoms with Gasteiger partial charge in [-0.1, -0.05) is 54.9 Å². The zero-order valence-corrected chi connectivity index (χ0v) is 23.7. The summed E-state index contributed by atoms with van der Waals surface area (Å²) in [5.41, 5.74) is 1.99. The minimum absolute atomic E-state index is 0.0741. The number of carbonyl (C=O) groups excluding carboxylic acids is 3. The zero-order chi connectivity index (χ0) is 28.2. The number of ether oxygens (including phenoxy) is 3. The van der Waals surface area contributed by atoms with Crippen LogP contribution in [0.1, 0.15) is 31.9 Å². The normalized spacial score (nSPS) is 14.8. The number of hydrogen-bond donors (Lipinski definition) is 1. The SMILES string of the molecule is COc1cc(C=C2C(=O)NC(=O)N(c3ccc(Br)cc3)C2=O)ccc1OCCOc1ccc(C(C)(C)C)cc1. The maximum absolute atomic E-state index is 13.1. The van der Waals surface area contributed by atoms with Crippen LogP contribution in [0.2, 0.25) is 0 Å². The van der Waals surface area contributed by atoms with Crippen molar-refractivity contribution in [2.75, 3.05) is 25.2 Å². The minimum atomic E-state index is -0.807. The van der Waals surface area contributed by atoms with Crippen LogP contribution < -0.4 is 24.4 Å². The van der Waals surface area contributed by atoms with Gasteiger partial charge in [-0.05, 0) is 71.1 Å². The number of barbiturate groups is 1. The fourth-order valence-electron chi connectivity index (χ4n) is 3.90. The van der Waals surface area contributed by atoms with Crippen molar-refractivity contribution in [3.8, 4) is 17.2 Å². The molecule has 1 fully saturated rings. The van der Waals surface area contributed by atoms with Crippen LogP contribution in [-0.2, 0) is 15.0 Å². The molecule has 1 saturated heterocycles. The molecule has 1 N–H and O–H groups in total. The highest BCUT2D eigenvalue weighted by atomic mass is 79.9. The second-order valence-corrected chi connectivity index (χ2v) is 10.7. The van der Waals surface area contributed by atoms with Crippen LogP contribution in [0.25, 0.3) is 6.08 Å². The number of rotatable bonds is 8. The number of benzene rings is 3. The van der Waals surface area contributed by atoms with Gasteiger partial charge in [-0.25, -0.2) is 9.69 Å². The van der Waals surface area contributed by atoms with Crippen LogP contribution in [-0.4, -0.2) is 38.2 Å². The highest BCUT2D eigenvalue weighted by Crippen LogP contribution is 2.30. The van der Waals surface area contributed by atoms with Crippen molar-refractivity contribution in [2.24, 2.45) is 0 Å². The molecule has 4 amide bonds. The number of amides is 4. The van der Waals surface area contributed by atoms with Gasteiger partial charge in [-0.2, -0.15) is 0 Å². The average molecular weight is 593 g/mol. The molecular formula is C30H29BrN2O6. The molecule has 202 valence electrons. The first-order valence-corrected chi connectivity index (χ1v) is 13.1. The number of imide groups is 2. The van der Waals surface area contributed by atoms with Crippen molar-refractivity contribution in [1.29, 1.82) is 0 Å². The first kappa shape index (κ1) is 27.9. The van der Waals surface area contributed by atoms with Gasteiger partial charge in [0.25, 0.3) is 11.8 Å². The van der Waals surface area contributed by atoms with E-state index in [1.54, 1.807) is 42.5 Å². The third kappa shape index (κ3) is 6.67. The summed E-state index contributed by atoms with van der Waals surface area (Å²) in [5.74, 6) is 0.163. The number of methoxy groups -OCH3 is 1. The number of halogens is 1. The van der Waals surface area contributed by atoms with Crippen molar-refractivity contribution >= 4 is 45.5 Å². The van der Waals surface area contributed by atoms with E-state index in [2.05, 4.69) is 54.2 Å². The first-order valence-electron chi connectivity index (χ1n) is 12.3. The van der Waals surface area contributed by atoms with Gasteiger partial charge in [0.1, 0.15) is 24.5 Å². The van der Waals surface area contributed by atoms with Crippen LogP contribution in [0, 0.1) is 0 Å². The summed E-state index contributed by atoms with van der Waals surface area (Å²) in [5, 5.41) is 2.22. The van der Waals surface area contributed by atoms with E-state index in [4.69, 9.17) is 14.2 Å². The summed E-state index contributed by atoms with van der Waals surface area (Å²) >= 11 is 3.32. The minimum Gasteiger partial charge on any atom is -0.493 e. The summed E-state index contributed by atoms with van der Waals surface area (Å²) in [6, 6.07) is 18.8. The molecule has 1 aliphatic rings. The molecule has 1 heterocycles. The Bertz CT molecular complexity index is 1410. The molecule has 0 unspecified atom stereocenters. The Morgan fingerprint density at radius 2 is 1.54 bits per heavy atom. The molecule has 9 heteroatoms. The maximum Gasteiger partial charge on any atom is 0.335 e. The van der Waals surface area contributed by atoms with Crippen molar-refractivity contribution in [2.45, 2.75) is 26.2 Å². The fraction of sp³-hybridized carbons (Fsp3) is 0.233. The molecule has 3 aromatic carbocycles. The molecule has 0 bridgehead atoms. The number of urea groups is 1. The highest BCUT2D eigenvalue weighted by molar-refractivity contribution is 9.10. The van der Waals surface area contributed by atoms with E-state index < -0.39 is 17.8 Å². The van der Waals surface area contributed by atoms with Gasteiger partial charge < -0.3 is 14.2 Å². The smallest absolute Gasteiger partial charge is 0.335 e. The van der Waals surface area contributed by atoms with Crippen molar-refractivity contribution in [3.05, 3.63) is 87.9 Å². The standard InChI is InChI=1S/C30H29BrN2O6/c1-30(2,3)20-6-12-23(13-7-20)38-15-16-39-25-14-5-19(18-26(25)37-4)17-24-27(34)32-29(36)33(28(24)35)22-10-8-21(31)9-11-22/h5-14,17-18H,15-16H2,1-4H3,(H,32,34,36). The largest absolute Gasteiger partial charge is 0.493 e. The molecule has 0 saturated carbocycles. The van der Waals surface area contributed by atoms with E-state index in [-0.39, 0.29) is 17.6 Å². The molecule has 0 radical (unpaired) electrons. The fourth-order valence-corrected chi connectivity index (χ4v) is 4.17. The Hall–Kier alpha value is -4.11. The van der Waals surface area contributed by atoms with E-state index in [9.17, 15) is 14.4 Å². The molecule has 0 aromatic heterocycles. The van der Waals surface area contributed by atoms with Gasteiger partial charge in [0.05, 0.1) is 12.8 Å². The summed E-state index contributed by atoms with van der Waals surface area (Å²) in [7, 11) is 1.50. The molecule has 1 aliphatic heterocycles. The number of nitrogens with zero attached hydrogens (tertiary/aromatic N) is 1. The molecule has 39 heavy (non-hydrogen) atoms. The Kier molecular flexibility index (Phi) is 8.40. The molecule has 4 rings (SSSR count). The Morgan fingerprint density at radius 1 is 0.872 bits per heavy atom. The van der Waals surface area contributed by atoms with Gasteiger partial charge in [-0.3, -0.25) is 14.9 Å². The second kappa shape index (κ2) is 11.7. The Morgan fingerprint density at radius 3 is 2.18 bits per heavy atom. The summed E-state index contributed by atoms with van der Waals surface area (Å²) in [4.78, 5) is 38.9.